The van der Waals surface area contributed by atoms with Crippen LogP contribution < -0.4 is 10.1 Å². The van der Waals surface area contributed by atoms with Crippen molar-refractivity contribution in [2.75, 3.05) is 13.2 Å². The van der Waals surface area contributed by atoms with Gasteiger partial charge in [0.25, 0.3) is 5.91 Å². The van der Waals surface area contributed by atoms with Crippen LogP contribution in [0.15, 0.2) is 48.5 Å². The average Bonchev–Trinajstić information content (AvgIpc) is 2.48. The molecule has 110 valence electrons. The Labute approximate surface area is 128 Å². The number of amides is 1. The zero-order chi connectivity index (χ0) is 15.1. The SMILES string of the molecule is O=C(COc1ccccc1Cl)NCCc1ccc(O)cc1. The van der Waals surface area contributed by atoms with Crippen LogP contribution in [-0.2, 0) is 11.2 Å². The molecule has 0 aliphatic carbocycles. The number of para-hydroxylation sites is 1. The van der Waals surface area contributed by atoms with Gasteiger partial charge in [0.2, 0.25) is 0 Å². The molecule has 0 radical (unpaired) electrons. The number of benzene rings is 2. The van der Waals surface area contributed by atoms with Gasteiger partial charge in [-0.05, 0) is 36.2 Å². The van der Waals surface area contributed by atoms with Crippen molar-refractivity contribution in [2.45, 2.75) is 6.42 Å². The molecule has 5 heteroatoms. The molecule has 21 heavy (non-hydrogen) atoms. The van der Waals surface area contributed by atoms with Crippen LogP contribution in [0.25, 0.3) is 0 Å². The lowest BCUT2D eigenvalue weighted by molar-refractivity contribution is -0.123. The Morgan fingerprint density at radius 1 is 1.14 bits per heavy atom. The minimum atomic E-state index is -0.200. The van der Waals surface area contributed by atoms with Crippen LogP contribution in [0.4, 0.5) is 0 Å². The van der Waals surface area contributed by atoms with E-state index in [0.29, 0.717) is 23.7 Å². The van der Waals surface area contributed by atoms with E-state index in [-0.39, 0.29) is 18.3 Å². The largest absolute Gasteiger partial charge is 0.508 e. The van der Waals surface area contributed by atoms with Gasteiger partial charge in [0.1, 0.15) is 11.5 Å². The molecule has 0 saturated heterocycles. The molecule has 0 saturated carbocycles. The van der Waals surface area contributed by atoms with Crippen molar-refractivity contribution < 1.29 is 14.6 Å². The summed E-state index contributed by atoms with van der Waals surface area (Å²) in [5.74, 6) is 0.525. The number of phenolic OH excluding ortho intramolecular Hbond substituents is 1. The molecule has 2 aromatic rings. The van der Waals surface area contributed by atoms with Gasteiger partial charge in [-0.2, -0.15) is 0 Å². The average molecular weight is 306 g/mol. The van der Waals surface area contributed by atoms with E-state index in [1.165, 1.54) is 0 Å². The lowest BCUT2D eigenvalue weighted by atomic mass is 10.1. The molecule has 4 nitrogen and oxygen atoms in total. The smallest absolute Gasteiger partial charge is 0.257 e. The minimum Gasteiger partial charge on any atom is -0.508 e. The number of carbonyl (C=O) groups excluding carboxylic acids is 1. The number of aromatic hydroxyl groups is 1. The Bertz CT molecular complexity index is 599. The monoisotopic (exact) mass is 305 g/mol. The lowest BCUT2D eigenvalue weighted by Gasteiger charge is -2.08. The predicted molar refractivity (Wildman–Crippen MR) is 81.8 cm³/mol. The highest BCUT2D eigenvalue weighted by atomic mass is 35.5. The van der Waals surface area contributed by atoms with Crippen LogP contribution in [0.1, 0.15) is 5.56 Å². The minimum absolute atomic E-state index is 0.0701. The van der Waals surface area contributed by atoms with Crippen LogP contribution in [-0.4, -0.2) is 24.2 Å². The molecule has 0 heterocycles. The predicted octanol–water partition coefficient (Wildman–Crippen LogP) is 2.78. The first kappa shape index (κ1) is 15.2. The van der Waals surface area contributed by atoms with E-state index in [9.17, 15) is 9.90 Å². The summed E-state index contributed by atoms with van der Waals surface area (Å²) in [5, 5.41) is 12.4. The number of rotatable bonds is 6. The van der Waals surface area contributed by atoms with Gasteiger partial charge in [-0.25, -0.2) is 0 Å². The Kier molecular flexibility index (Phi) is 5.46. The topological polar surface area (TPSA) is 58.6 Å². The van der Waals surface area contributed by atoms with E-state index in [4.69, 9.17) is 16.3 Å². The van der Waals surface area contributed by atoms with E-state index >= 15 is 0 Å². The summed E-state index contributed by atoms with van der Waals surface area (Å²) in [5.41, 5.74) is 1.04. The molecule has 0 aliphatic rings. The van der Waals surface area contributed by atoms with Gasteiger partial charge in [0, 0.05) is 6.54 Å². The third-order valence-electron chi connectivity index (χ3n) is 2.87. The molecule has 0 unspecified atom stereocenters. The summed E-state index contributed by atoms with van der Waals surface area (Å²) < 4.78 is 5.34. The Balaban J connectivity index is 1.70. The van der Waals surface area contributed by atoms with Crippen molar-refractivity contribution >= 4 is 17.5 Å². The molecular formula is C16H16ClNO3. The van der Waals surface area contributed by atoms with Gasteiger partial charge in [0.15, 0.2) is 6.61 Å². The van der Waals surface area contributed by atoms with Gasteiger partial charge in [-0.3, -0.25) is 4.79 Å². The summed E-state index contributed by atoms with van der Waals surface area (Å²) in [6.45, 7) is 0.439. The number of nitrogens with one attached hydrogen (secondary N) is 1. The number of hydrogen-bond donors (Lipinski definition) is 2. The highest BCUT2D eigenvalue weighted by Gasteiger charge is 2.05. The Morgan fingerprint density at radius 2 is 1.86 bits per heavy atom. The second kappa shape index (κ2) is 7.55. The summed E-state index contributed by atoms with van der Waals surface area (Å²) in [4.78, 5) is 11.7. The van der Waals surface area contributed by atoms with E-state index in [1.54, 1.807) is 36.4 Å². The summed E-state index contributed by atoms with van der Waals surface area (Å²) in [7, 11) is 0. The van der Waals surface area contributed by atoms with Crippen LogP contribution >= 0.6 is 11.6 Å². The van der Waals surface area contributed by atoms with E-state index in [2.05, 4.69) is 5.32 Å². The van der Waals surface area contributed by atoms with Crippen LogP contribution in [0.5, 0.6) is 11.5 Å². The van der Waals surface area contributed by atoms with Gasteiger partial charge in [-0.15, -0.1) is 0 Å². The fraction of sp³-hybridized carbons (Fsp3) is 0.188. The normalized spacial score (nSPS) is 10.1. The maximum atomic E-state index is 11.7. The number of carbonyl (C=O) groups is 1. The molecule has 0 atom stereocenters. The molecular weight excluding hydrogens is 290 g/mol. The molecule has 0 fully saturated rings. The standard InChI is InChI=1S/C16H16ClNO3/c17-14-3-1-2-4-15(14)21-11-16(20)18-10-9-12-5-7-13(19)8-6-12/h1-8,19H,9-11H2,(H,18,20). The quantitative estimate of drug-likeness (QED) is 0.863. The number of phenols is 1. The molecule has 0 bridgehead atoms. The van der Waals surface area contributed by atoms with Crippen molar-refractivity contribution in [3.8, 4) is 11.5 Å². The zero-order valence-corrected chi connectivity index (χ0v) is 12.1. The van der Waals surface area contributed by atoms with Crippen molar-refractivity contribution in [2.24, 2.45) is 0 Å². The molecule has 2 aromatic carbocycles. The third-order valence-corrected chi connectivity index (χ3v) is 3.18. The van der Waals surface area contributed by atoms with Crippen LogP contribution in [0, 0.1) is 0 Å². The molecule has 0 spiro atoms. The van der Waals surface area contributed by atoms with Crippen LogP contribution in [0.3, 0.4) is 0 Å². The van der Waals surface area contributed by atoms with Crippen molar-refractivity contribution in [1.29, 1.82) is 0 Å². The fourth-order valence-electron chi connectivity index (χ4n) is 1.76. The molecule has 0 aliphatic heterocycles. The van der Waals surface area contributed by atoms with Crippen molar-refractivity contribution in [3.63, 3.8) is 0 Å². The number of ether oxygens (including phenoxy) is 1. The molecule has 2 rings (SSSR count). The molecule has 1 amide bonds. The van der Waals surface area contributed by atoms with Crippen LogP contribution in [0.2, 0.25) is 5.02 Å². The Morgan fingerprint density at radius 3 is 2.57 bits per heavy atom. The zero-order valence-electron chi connectivity index (χ0n) is 11.4. The maximum Gasteiger partial charge on any atom is 0.257 e. The van der Waals surface area contributed by atoms with E-state index < -0.39 is 0 Å². The summed E-state index contributed by atoms with van der Waals surface area (Å²) in [6.07, 6.45) is 0.693. The summed E-state index contributed by atoms with van der Waals surface area (Å²) in [6, 6.07) is 13.9. The van der Waals surface area contributed by atoms with Gasteiger partial charge >= 0.3 is 0 Å². The molecule has 0 aromatic heterocycles. The van der Waals surface area contributed by atoms with Gasteiger partial charge < -0.3 is 15.2 Å². The van der Waals surface area contributed by atoms with Crippen molar-refractivity contribution in [3.05, 3.63) is 59.1 Å². The molecule has 2 N–H and O–H groups in total. The number of halogens is 1. The third kappa shape index (κ3) is 5.00. The maximum absolute atomic E-state index is 11.7. The van der Waals surface area contributed by atoms with Crippen molar-refractivity contribution in [1.82, 2.24) is 5.32 Å². The van der Waals surface area contributed by atoms with E-state index in [1.807, 2.05) is 12.1 Å². The first-order chi connectivity index (χ1) is 10.1. The van der Waals surface area contributed by atoms with Gasteiger partial charge in [0.05, 0.1) is 5.02 Å². The first-order valence-electron chi connectivity index (χ1n) is 6.57. The van der Waals surface area contributed by atoms with Gasteiger partial charge in [-0.1, -0.05) is 35.9 Å². The summed E-state index contributed by atoms with van der Waals surface area (Å²) >= 11 is 5.93. The highest BCUT2D eigenvalue weighted by molar-refractivity contribution is 6.32. The van der Waals surface area contributed by atoms with E-state index in [0.717, 1.165) is 5.56 Å². The second-order valence-electron chi connectivity index (χ2n) is 4.49. The number of hydrogen-bond acceptors (Lipinski definition) is 3. The highest BCUT2D eigenvalue weighted by Crippen LogP contribution is 2.22. The first-order valence-corrected chi connectivity index (χ1v) is 6.95. The Hall–Kier alpha value is -2.20. The fourth-order valence-corrected chi connectivity index (χ4v) is 1.96. The second-order valence-corrected chi connectivity index (χ2v) is 4.89. The lowest BCUT2D eigenvalue weighted by Crippen LogP contribution is -2.30.